The zero-order chi connectivity index (χ0) is 13.7. The number of hydrogen-bond acceptors (Lipinski definition) is 2. The molecule has 0 spiro atoms. The van der Waals surface area contributed by atoms with E-state index in [-0.39, 0.29) is 0 Å². The van der Waals surface area contributed by atoms with Crippen LogP contribution in [0.4, 0.5) is 0 Å². The van der Waals surface area contributed by atoms with E-state index in [2.05, 4.69) is 39.6 Å². The maximum Gasteiger partial charge on any atom is 0.0120 e. The molecular weight excluding hydrogens is 300 g/mol. The van der Waals surface area contributed by atoms with E-state index in [0.717, 1.165) is 23.2 Å². The minimum absolute atomic E-state index is 0.791. The molecule has 0 N–H and O–H groups in total. The first-order valence-electron chi connectivity index (χ1n) is 8.23. The monoisotopic (exact) mass is 330 g/mol. The Bertz CT molecular complexity index is 243. The Morgan fingerprint density at radius 1 is 1.00 bits per heavy atom. The van der Waals surface area contributed by atoms with Crippen molar-refractivity contribution >= 4 is 15.9 Å². The van der Waals surface area contributed by atoms with E-state index >= 15 is 0 Å². The first kappa shape index (κ1) is 15.8. The molecule has 19 heavy (non-hydrogen) atoms. The van der Waals surface area contributed by atoms with Crippen LogP contribution in [0.5, 0.6) is 0 Å². The summed E-state index contributed by atoms with van der Waals surface area (Å²) >= 11 is 3.68. The number of hydrogen-bond donors (Lipinski definition) is 0. The van der Waals surface area contributed by atoms with Gasteiger partial charge >= 0.3 is 0 Å². The Hall–Kier alpha value is 0.400. The third-order valence-electron chi connectivity index (χ3n) is 5.10. The third-order valence-corrected chi connectivity index (χ3v) is 5.93. The minimum Gasteiger partial charge on any atom is -0.303 e. The molecule has 3 heteroatoms. The van der Waals surface area contributed by atoms with Crippen LogP contribution in [0.3, 0.4) is 0 Å². The summed E-state index contributed by atoms with van der Waals surface area (Å²) in [5.41, 5.74) is 0. The lowest BCUT2D eigenvalue weighted by Crippen LogP contribution is -2.47. The predicted molar refractivity (Wildman–Crippen MR) is 87.0 cm³/mol. The number of alkyl halides is 1. The highest BCUT2D eigenvalue weighted by atomic mass is 79.9. The second-order valence-electron chi connectivity index (χ2n) is 6.79. The van der Waals surface area contributed by atoms with E-state index in [4.69, 9.17) is 0 Å². The summed E-state index contributed by atoms with van der Waals surface area (Å²) in [5.74, 6) is 1.60. The standard InChI is InChI=1S/C16H31BrN2/c1-14(2)15(12-17)13-18-10-6-16(7-11-18)19-8-4-3-5-9-19/h14-16H,3-13H2,1-2H3. The number of rotatable bonds is 5. The van der Waals surface area contributed by atoms with Crippen molar-refractivity contribution < 1.29 is 0 Å². The Kier molecular flexibility index (Phi) is 6.64. The minimum atomic E-state index is 0.791. The summed E-state index contributed by atoms with van der Waals surface area (Å²) in [7, 11) is 0. The molecule has 0 bridgehead atoms. The molecule has 0 aromatic rings. The first-order valence-corrected chi connectivity index (χ1v) is 9.35. The fourth-order valence-electron chi connectivity index (χ4n) is 3.52. The Morgan fingerprint density at radius 3 is 2.16 bits per heavy atom. The van der Waals surface area contributed by atoms with Crippen LogP contribution in [0.1, 0.15) is 46.0 Å². The molecule has 0 aromatic carbocycles. The lowest BCUT2D eigenvalue weighted by Gasteiger charge is -2.41. The second-order valence-corrected chi connectivity index (χ2v) is 7.43. The van der Waals surface area contributed by atoms with Crippen molar-refractivity contribution in [2.75, 3.05) is 38.1 Å². The van der Waals surface area contributed by atoms with E-state index in [0.29, 0.717) is 0 Å². The number of halogens is 1. The van der Waals surface area contributed by atoms with Gasteiger partial charge in [-0.3, -0.25) is 0 Å². The number of piperidine rings is 2. The quantitative estimate of drug-likeness (QED) is 0.710. The lowest BCUT2D eigenvalue weighted by atomic mass is 9.95. The summed E-state index contributed by atoms with van der Waals surface area (Å²) in [4.78, 5) is 5.47. The van der Waals surface area contributed by atoms with Gasteiger partial charge < -0.3 is 9.80 Å². The van der Waals surface area contributed by atoms with Gasteiger partial charge in [-0.1, -0.05) is 36.2 Å². The van der Waals surface area contributed by atoms with Crippen molar-refractivity contribution in [2.24, 2.45) is 11.8 Å². The van der Waals surface area contributed by atoms with Crippen molar-refractivity contribution in [3.05, 3.63) is 0 Å². The summed E-state index contributed by atoms with van der Waals surface area (Å²) in [6, 6.07) is 0.887. The van der Waals surface area contributed by atoms with Crippen molar-refractivity contribution in [2.45, 2.75) is 52.0 Å². The molecule has 2 aliphatic rings. The molecule has 2 saturated heterocycles. The average Bonchev–Trinajstić information content (AvgIpc) is 2.46. The van der Waals surface area contributed by atoms with Crippen LogP contribution in [-0.4, -0.2) is 53.9 Å². The molecule has 2 fully saturated rings. The largest absolute Gasteiger partial charge is 0.303 e. The van der Waals surface area contributed by atoms with E-state index in [1.165, 1.54) is 64.8 Å². The SMILES string of the molecule is CC(C)C(CBr)CN1CCC(N2CCCCC2)CC1. The van der Waals surface area contributed by atoms with Gasteiger partial charge in [0.1, 0.15) is 0 Å². The van der Waals surface area contributed by atoms with Crippen molar-refractivity contribution in [1.29, 1.82) is 0 Å². The van der Waals surface area contributed by atoms with Gasteiger partial charge in [-0.05, 0) is 63.7 Å². The smallest absolute Gasteiger partial charge is 0.0120 e. The highest BCUT2D eigenvalue weighted by Crippen LogP contribution is 2.23. The van der Waals surface area contributed by atoms with Gasteiger partial charge in [-0.15, -0.1) is 0 Å². The zero-order valence-electron chi connectivity index (χ0n) is 12.8. The average molecular weight is 331 g/mol. The summed E-state index contributed by atoms with van der Waals surface area (Å²) in [5, 5.41) is 1.15. The molecule has 2 rings (SSSR count). The van der Waals surface area contributed by atoms with Crippen LogP contribution in [0.25, 0.3) is 0 Å². The number of likely N-dealkylation sites (tertiary alicyclic amines) is 2. The summed E-state index contributed by atoms with van der Waals surface area (Å²) in [6.07, 6.45) is 7.11. The Labute approximate surface area is 128 Å². The molecular formula is C16H31BrN2. The third kappa shape index (κ3) is 4.71. The molecule has 112 valence electrons. The fraction of sp³-hybridized carbons (Fsp3) is 1.00. The molecule has 2 aliphatic heterocycles. The zero-order valence-corrected chi connectivity index (χ0v) is 14.4. The highest BCUT2D eigenvalue weighted by molar-refractivity contribution is 9.09. The van der Waals surface area contributed by atoms with Crippen molar-refractivity contribution in [1.82, 2.24) is 9.80 Å². The van der Waals surface area contributed by atoms with Crippen LogP contribution in [-0.2, 0) is 0 Å². The normalized spacial score (nSPS) is 25.9. The van der Waals surface area contributed by atoms with Gasteiger partial charge in [0.15, 0.2) is 0 Å². The van der Waals surface area contributed by atoms with Crippen LogP contribution in [0.15, 0.2) is 0 Å². The second kappa shape index (κ2) is 7.99. The van der Waals surface area contributed by atoms with Gasteiger partial charge in [-0.25, -0.2) is 0 Å². The fourth-order valence-corrected chi connectivity index (χ4v) is 4.47. The van der Waals surface area contributed by atoms with Crippen LogP contribution in [0.2, 0.25) is 0 Å². The molecule has 1 atom stereocenters. The molecule has 0 aliphatic carbocycles. The van der Waals surface area contributed by atoms with Crippen molar-refractivity contribution in [3.8, 4) is 0 Å². The molecule has 1 unspecified atom stereocenters. The molecule has 0 amide bonds. The molecule has 0 radical (unpaired) electrons. The Balaban J connectivity index is 1.72. The first-order chi connectivity index (χ1) is 9.20. The maximum absolute atomic E-state index is 3.68. The molecule has 2 nitrogen and oxygen atoms in total. The number of nitrogens with zero attached hydrogens (tertiary/aromatic N) is 2. The topological polar surface area (TPSA) is 6.48 Å². The lowest BCUT2D eigenvalue weighted by molar-refractivity contribution is 0.0834. The molecule has 0 saturated carbocycles. The van der Waals surface area contributed by atoms with Gasteiger partial charge in [0.25, 0.3) is 0 Å². The molecule has 2 heterocycles. The summed E-state index contributed by atoms with van der Waals surface area (Å²) in [6.45, 7) is 11.4. The van der Waals surface area contributed by atoms with Gasteiger partial charge in [0.2, 0.25) is 0 Å². The Morgan fingerprint density at radius 2 is 1.63 bits per heavy atom. The van der Waals surface area contributed by atoms with E-state index in [1.807, 2.05) is 0 Å². The molecule has 0 aromatic heterocycles. The van der Waals surface area contributed by atoms with Crippen LogP contribution in [0, 0.1) is 11.8 Å². The van der Waals surface area contributed by atoms with Gasteiger partial charge in [-0.2, -0.15) is 0 Å². The van der Waals surface area contributed by atoms with Gasteiger partial charge in [0.05, 0.1) is 0 Å². The van der Waals surface area contributed by atoms with E-state index in [1.54, 1.807) is 0 Å². The highest BCUT2D eigenvalue weighted by Gasteiger charge is 2.26. The predicted octanol–water partition coefficient (Wildman–Crippen LogP) is 3.60. The maximum atomic E-state index is 3.68. The van der Waals surface area contributed by atoms with Crippen LogP contribution >= 0.6 is 15.9 Å². The van der Waals surface area contributed by atoms with E-state index in [9.17, 15) is 0 Å². The van der Waals surface area contributed by atoms with E-state index < -0.39 is 0 Å². The van der Waals surface area contributed by atoms with Crippen molar-refractivity contribution in [3.63, 3.8) is 0 Å². The van der Waals surface area contributed by atoms with Crippen LogP contribution < -0.4 is 0 Å². The summed E-state index contributed by atoms with van der Waals surface area (Å²) < 4.78 is 0. The van der Waals surface area contributed by atoms with Gasteiger partial charge in [0, 0.05) is 17.9 Å².